The van der Waals surface area contributed by atoms with Crippen LogP contribution in [0.2, 0.25) is 0 Å². The minimum absolute atomic E-state index is 0.683. The van der Waals surface area contributed by atoms with Crippen molar-refractivity contribution in [3.05, 3.63) is 164 Å². The zero-order chi connectivity index (χ0) is 31.6. The zero-order valence-corrected chi connectivity index (χ0v) is 25.8. The lowest BCUT2D eigenvalue weighted by Gasteiger charge is -2.11. The van der Waals surface area contributed by atoms with Gasteiger partial charge >= 0.3 is 0 Å². The Balaban J connectivity index is 1.27. The molecule has 0 aliphatic heterocycles. The highest BCUT2D eigenvalue weighted by Crippen LogP contribution is 2.43. The van der Waals surface area contributed by atoms with E-state index >= 15 is 0 Å². The molecule has 0 bridgehead atoms. The smallest absolute Gasteiger partial charge is 0.161 e. The van der Waals surface area contributed by atoms with Gasteiger partial charge < -0.3 is 8.98 Å². The van der Waals surface area contributed by atoms with E-state index in [2.05, 4.69) is 150 Å². The molecule has 4 heteroatoms. The molecule has 0 aliphatic rings. The van der Waals surface area contributed by atoms with Crippen molar-refractivity contribution in [2.24, 2.45) is 0 Å². The molecule has 0 amide bonds. The molecular weight excluding hydrogens is 587 g/mol. The van der Waals surface area contributed by atoms with Crippen molar-refractivity contribution in [3.8, 4) is 39.6 Å². The van der Waals surface area contributed by atoms with Crippen LogP contribution in [0.5, 0.6) is 0 Å². The van der Waals surface area contributed by atoms with Gasteiger partial charge in [-0.05, 0) is 47.2 Å². The lowest BCUT2D eigenvalue weighted by Crippen LogP contribution is -1.96. The summed E-state index contributed by atoms with van der Waals surface area (Å²) in [5, 5.41) is 6.76. The van der Waals surface area contributed by atoms with E-state index in [0.29, 0.717) is 5.82 Å². The highest BCUT2D eigenvalue weighted by Gasteiger charge is 2.21. The fourth-order valence-corrected chi connectivity index (χ4v) is 7.23. The lowest BCUT2D eigenvalue weighted by molar-refractivity contribution is 0.672. The second-order valence-electron chi connectivity index (χ2n) is 12.2. The largest absolute Gasteiger partial charge is 0.453 e. The van der Waals surface area contributed by atoms with Crippen molar-refractivity contribution >= 4 is 54.5 Å². The van der Waals surface area contributed by atoms with Crippen LogP contribution < -0.4 is 0 Å². The summed E-state index contributed by atoms with van der Waals surface area (Å²) >= 11 is 0. The molecule has 48 heavy (non-hydrogen) atoms. The molecule has 0 N–H and O–H groups in total. The van der Waals surface area contributed by atoms with Gasteiger partial charge in [0.2, 0.25) is 0 Å². The first-order valence-corrected chi connectivity index (χ1v) is 16.2. The van der Waals surface area contributed by atoms with E-state index < -0.39 is 0 Å². The van der Waals surface area contributed by atoms with Crippen LogP contribution in [0.15, 0.2) is 168 Å². The quantitative estimate of drug-likeness (QED) is 0.198. The molecule has 0 unspecified atom stereocenters. The Morgan fingerprint density at radius 1 is 0.438 bits per heavy atom. The molecule has 0 saturated carbocycles. The predicted molar refractivity (Wildman–Crippen MR) is 197 cm³/mol. The van der Waals surface area contributed by atoms with Gasteiger partial charge in [0.05, 0.1) is 22.4 Å². The average molecular weight is 614 g/mol. The maximum atomic E-state index is 7.02. The predicted octanol–water partition coefficient (Wildman–Crippen LogP) is 11.6. The number of benzene rings is 7. The first kappa shape index (κ1) is 26.7. The van der Waals surface area contributed by atoms with E-state index in [1.54, 1.807) is 0 Å². The Morgan fingerprint density at radius 3 is 1.94 bits per heavy atom. The van der Waals surface area contributed by atoms with Gasteiger partial charge in [0, 0.05) is 43.9 Å². The van der Waals surface area contributed by atoms with Crippen molar-refractivity contribution < 1.29 is 4.42 Å². The van der Waals surface area contributed by atoms with E-state index in [1.807, 2.05) is 18.2 Å². The topological polar surface area (TPSA) is 43.9 Å². The molecule has 0 aliphatic carbocycles. The maximum Gasteiger partial charge on any atom is 0.161 e. The average Bonchev–Trinajstić information content (AvgIpc) is 3.71. The Bertz CT molecular complexity index is 2830. The number of nitrogens with zero attached hydrogens (tertiary/aromatic N) is 3. The molecule has 7 aromatic carbocycles. The fraction of sp³-hybridized carbons (Fsp3) is 0. The molecule has 4 nitrogen and oxygen atoms in total. The normalized spacial score (nSPS) is 11.8. The monoisotopic (exact) mass is 613 g/mol. The summed E-state index contributed by atoms with van der Waals surface area (Å²) in [7, 11) is 0. The summed E-state index contributed by atoms with van der Waals surface area (Å²) in [6.45, 7) is 0. The first-order chi connectivity index (χ1) is 23.8. The van der Waals surface area contributed by atoms with Crippen LogP contribution in [0.25, 0.3) is 94.1 Å². The minimum atomic E-state index is 0.683. The first-order valence-electron chi connectivity index (χ1n) is 16.2. The highest BCUT2D eigenvalue weighted by molar-refractivity contribution is 6.22. The summed E-state index contributed by atoms with van der Waals surface area (Å²) in [5.74, 6) is 0.683. The number of rotatable bonds is 4. The van der Waals surface area contributed by atoms with Gasteiger partial charge in [-0.1, -0.05) is 127 Å². The van der Waals surface area contributed by atoms with E-state index in [-0.39, 0.29) is 0 Å². The number of hydrogen-bond donors (Lipinski definition) is 0. The fourth-order valence-electron chi connectivity index (χ4n) is 7.23. The Labute approximate surface area is 276 Å². The number of hydrogen-bond acceptors (Lipinski definition) is 3. The molecule has 10 rings (SSSR count). The molecule has 3 heterocycles. The molecule has 0 radical (unpaired) electrons. The SMILES string of the molecule is c1ccc(-c2cc(-c3cccc4c3oc3c4ccc4c5ccccc5n(-c5ccccc5)c43)nc(-c3cccc4ccccc34)n2)cc1. The molecule has 3 aromatic heterocycles. The van der Waals surface area contributed by atoms with E-state index in [1.165, 1.54) is 5.39 Å². The van der Waals surface area contributed by atoms with Crippen LogP contribution >= 0.6 is 0 Å². The van der Waals surface area contributed by atoms with Crippen molar-refractivity contribution in [2.75, 3.05) is 0 Å². The van der Waals surface area contributed by atoms with Crippen LogP contribution in [0.4, 0.5) is 0 Å². The van der Waals surface area contributed by atoms with Gasteiger partial charge in [-0.25, -0.2) is 9.97 Å². The van der Waals surface area contributed by atoms with Crippen LogP contribution in [0, 0.1) is 0 Å². The minimum Gasteiger partial charge on any atom is -0.453 e. The number of para-hydroxylation sites is 3. The van der Waals surface area contributed by atoms with Crippen LogP contribution in [0.1, 0.15) is 0 Å². The zero-order valence-electron chi connectivity index (χ0n) is 25.8. The third kappa shape index (κ3) is 4.03. The van der Waals surface area contributed by atoms with Gasteiger partial charge in [0.15, 0.2) is 11.4 Å². The maximum absolute atomic E-state index is 7.02. The standard InChI is InChI=1S/C44H27N3O/c1-3-14-29(15-4-1)38-27-39(46-44(45-38)36-22-11-16-28-13-7-8-19-31(28)36)37-23-12-21-34-35-26-25-33-32-20-9-10-24-40(32)47(30-17-5-2-6-18-30)41(33)43(35)48-42(34)37/h1-27H. The molecule has 0 fully saturated rings. The Morgan fingerprint density at radius 2 is 1.06 bits per heavy atom. The molecule has 224 valence electrons. The summed E-state index contributed by atoms with van der Waals surface area (Å²) in [5.41, 5.74) is 9.63. The van der Waals surface area contributed by atoms with Gasteiger partial charge in [-0.3, -0.25) is 0 Å². The third-order valence-corrected chi connectivity index (χ3v) is 9.42. The second kappa shape index (κ2) is 10.5. The van der Waals surface area contributed by atoms with E-state index in [4.69, 9.17) is 14.4 Å². The number of aromatic nitrogens is 3. The van der Waals surface area contributed by atoms with Crippen molar-refractivity contribution in [2.45, 2.75) is 0 Å². The second-order valence-corrected chi connectivity index (χ2v) is 12.2. The van der Waals surface area contributed by atoms with Gasteiger partial charge in [-0.15, -0.1) is 0 Å². The molecule has 0 spiro atoms. The van der Waals surface area contributed by atoms with Gasteiger partial charge in [0.1, 0.15) is 5.58 Å². The van der Waals surface area contributed by atoms with Crippen molar-refractivity contribution in [1.82, 2.24) is 14.5 Å². The summed E-state index contributed by atoms with van der Waals surface area (Å²) in [6, 6.07) is 57.0. The summed E-state index contributed by atoms with van der Waals surface area (Å²) in [4.78, 5) is 10.4. The number of furan rings is 1. The van der Waals surface area contributed by atoms with Crippen LogP contribution in [-0.2, 0) is 0 Å². The molecular formula is C44H27N3O. The van der Waals surface area contributed by atoms with Gasteiger partial charge in [0.25, 0.3) is 0 Å². The van der Waals surface area contributed by atoms with Crippen molar-refractivity contribution in [3.63, 3.8) is 0 Å². The molecule has 0 atom stereocenters. The van der Waals surface area contributed by atoms with Crippen LogP contribution in [-0.4, -0.2) is 14.5 Å². The highest BCUT2D eigenvalue weighted by atomic mass is 16.3. The van der Waals surface area contributed by atoms with Gasteiger partial charge in [-0.2, -0.15) is 0 Å². The Kier molecular flexibility index (Phi) is 5.84. The third-order valence-electron chi connectivity index (χ3n) is 9.42. The Hall–Kier alpha value is -6.52. The summed E-state index contributed by atoms with van der Waals surface area (Å²) in [6.07, 6.45) is 0. The number of fused-ring (bicyclic) bond motifs is 8. The summed E-state index contributed by atoms with van der Waals surface area (Å²) < 4.78 is 9.35. The lowest BCUT2D eigenvalue weighted by atomic mass is 10.0. The van der Waals surface area contributed by atoms with E-state index in [0.717, 1.165) is 82.9 Å². The van der Waals surface area contributed by atoms with Crippen molar-refractivity contribution in [1.29, 1.82) is 0 Å². The van der Waals surface area contributed by atoms with Crippen LogP contribution in [0.3, 0.4) is 0 Å². The van der Waals surface area contributed by atoms with E-state index in [9.17, 15) is 0 Å². The molecule has 10 aromatic rings. The molecule has 0 saturated heterocycles.